The van der Waals surface area contributed by atoms with Gasteiger partial charge in [-0.3, -0.25) is 9.59 Å². The van der Waals surface area contributed by atoms with Gasteiger partial charge in [-0.15, -0.1) is 6.42 Å². The molecule has 2 rings (SSSR count). The molecule has 2 N–H and O–H groups in total. The van der Waals surface area contributed by atoms with E-state index in [0.29, 0.717) is 27.8 Å². The van der Waals surface area contributed by atoms with Gasteiger partial charge in [0.2, 0.25) is 0 Å². The van der Waals surface area contributed by atoms with Crippen LogP contribution in [0.25, 0.3) is 0 Å². The number of para-hydroxylation sites is 2. The first-order chi connectivity index (χ1) is 14.5. The Hall–Kier alpha value is -3.70. The fourth-order valence-electron chi connectivity index (χ4n) is 2.21. The third kappa shape index (κ3) is 7.04. The molecule has 2 amide bonds. The van der Waals surface area contributed by atoms with E-state index in [1.165, 1.54) is 13.3 Å². The highest BCUT2D eigenvalue weighted by atomic mass is 35.5. The lowest BCUT2D eigenvalue weighted by Crippen LogP contribution is -2.37. The van der Waals surface area contributed by atoms with E-state index in [0.717, 1.165) is 0 Å². The highest BCUT2D eigenvalue weighted by Crippen LogP contribution is 2.29. The second-order valence-electron chi connectivity index (χ2n) is 5.66. The van der Waals surface area contributed by atoms with E-state index in [9.17, 15) is 9.59 Å². The number of terminal acetylenes is 1. The second-order valence-corrected chi connectivity index (χ2v) is 6.07. The number of nitrogens with one attached hydrogen (secondary N) is 2. The molecule has 0 spiro atoms. The number of carbonyl (C=O) groups is 2. The summed E-state index contributed by atoms with van der Waals surface area (Å²) in [6, 6.07) is 11.9. The Kier molecular flexibility index (Phi) is 9.03. The van der Waals surface area contributed by atoms with Crippen molar-refractivity contribution in [3.8, 4) is 29.6 Å². The van der Waals surface area contributed by atoms with Gasteiger partial charge in [-0.2, -0.15) is 5.10 Å². The number of benzene rings is 2. The molecule has 8 nitrogen and oxygen atoms in total. The first-order valence-electron chi connectivity index (χ1n) is 8.74. The summed E-state index contributed by atoms with van der Waals surface area (Å²) in [6.07, 6.45) is 6.60. The number of carbonyl (C=O) groups excluding carboxylic acids is 2. The molecule has 156 valence electrons. The molecule has 0 aliphatic carbocycles. The summed E-state index contributed by atoms with van der Waals surface area (Å²) in [5.41, 5.74) is 2.86. The Morgan fingerprint density at radius 2 is 1.90 bits per heavy atom. The number of halogens is 1. The van der Waals surface area contributed by atoms with Crippen LogP contribution in [0, 0.1) is 12.3 Å². The van der Waals surface area contributed by atoms with Crippen molar-refractivity contribution in [2.24, 2.45) is 5.10 Å². The number of methoxy groups -OCH3 is 1. The van der Waals surface area contributed by atoms with Crippen molar-refractivity contribution in [1.82, 2.24) is 10.7 Å². The van der Waals surface area contributed by atoms with Gasteiger partial charge in [0.15, 0.2) is 18.1 Å². The molecule has 0 heterocycles. The summed E-state index contributed by atoms with van der Waals surface area (Å²) in [5.74, 6) is 2.63. The minimum atomic E-state index is -0.522. The molecular formula is C21H20ClN3O5. The number of hydrogen-bond donors (Lipinski definition) is 2. The van der Waals surface area contributed by atoms with Crippen LogP contribution >= 0.6 is 11.6 Å². The van der Waals surface area contributed by atoms with Crippen LogP contribution in [-0.2, 0) is 9.59 Å². The van der Waals surface area contributed by atoms with Crippen LogP contribution in [0.5, 0.6) is 17.2 Å². The number of hydrazone groups is 1. The van der Waals surface area contributed by atoms with Gasteiger partial charge in [-0.05, 0) is 24.3 Å². The van der Waals surface area contributed by atoms with Gasteiger partial charge in [-0.1, -0.05) is 35.7 Å². The normalized spacial score (nSPS) is 10.2. The smallest absolute Gasteiger partial charge is 0.259 e. The Bertz CT molecular complexity index is 956. The summed E-state index contributed by atoms with van der Waals surface area (Å²) < 4.78 is 16.0. The maximum Gasteiger partial charge on any atom is 0.259 e. The quantitative estimate of drug-likeness (QED) is 0.342. The van der Waals surface area contributed by atoms with Crippen molar-refractivity contribution in [2.45, 2.75) is 0 Å². The highest BCUT2D eigenvalue weighted by Gasteiger charge is 2.10. The van der Waals surface area contributed by atoms with Crippen molar-refractivity contribution in [1.29, 1.82) is 0 Å². The van der Waals surface area contributed by atoms with Gasteiger partial charge >= 0.3 is 0 Å². The summed E-state index contributed by atoms with van der Waals surface area (Å²) in [6.45, 7) is -0.504. The molecule has 0 unspecified atom stereocenters. The minimum absolute atomic E-state index is 0.0515. The first-order valence-corrected chi connectivity index (χ1v) is 9.12. The summed E-state index contributed by atoms with van der Waals surface area (Å²) in [4.78, 5) is 23.7. The van der Waals surface area contributed by atoms with E-state index in [-0.39, 0.29) is 19.8 Å². The molecule has 0 atom stereocenters. The molecule has 0 saturated carbocycles. The Morgan fingerprint density at radius 3 is 2.63 bits per heavy atom. The predicted octanol–water partition coefficient (Wildman–Crippen LogP) is 2.01. The Balaban J connectivity index is 1.82. The number of amides is 2. The fourth-order valence-corrected chi connectivity index (χ4v) is 2.40. The van der Waals surface area contributed by atoms with Gasteiger partial charge < -0.3 is 19.5 Å². The zero-order chi connectivity index (χ0) is 21.8. The van der Waals surface area contributed by atoms with Crippen molar-refractivity contribution < 1.29 is 23.8 Å². The second kappa shape index (κ2) is 12.0. The first kappa shape index (κ1) is 22.6. The Labute approximate surface area is 179 Å². The van der Waals surface area contributed by atoms with E-state index in [4.69, 9.17) is 32.2 Å². The van der Waals surface area contributed by atoms with Crippen LogP contribution in [-0.4, -0.2) is 44.9 Å². The molecule has 0 aliphatic heterocycles. The van der Waals surface area contributed by atoms with Crippen LogP contribution in [0.1, 0.15) is 5.56 Å². The van der Waals surface area contributed by atoms with E-state index in [1.807, 2.05) is 0 Å². The molecule has 30 heavy (non-hydrogen) atoms. The maximum absolute atomic E-state index is 11.9. The summed E-state index contributed by atoms with van der Waals surface area (Å²) in [7, 11) is 1.50. The maximum atomic E-state index is 11.9. The molecule has 9 heteroatoms. The zero-order valence-electron chi connectivity index (χ0n) is 16.2. The molecular weight excluding hydrogens is 410 g/mol. The van der Waals surface area contributed by atoms with E-state index in [1.54, 1.807) is 42.5 Å². The highest BCUT2D eigenvalue weighted by molar-refractivity contribution is 6.32. The third-order valence-electron chi connectivity index (χ3n) is 3.56. The van der Waals surface area contributed by atoms with Crippen LogP contribution in [0.15, 0.2) is 47.6 Å². The van der Waals surface area contributed by atoms with Crippen LogP contribution in [0.2, 0.25) is 5.02 Å². The van der Waals surface area contributed by atoms with Crippen LogP contribution in [0.3, 0.4) is 0 Å². The van der Waals surface area contributed by atoms with Gasteiger partial charge in [0.05, 0.1) is 24.9 Å². The number of rotatable bonds is 10. The molecule has 0 radical (unpaired) electrons. The topological polar surface area (TPSA) is 98.2 Å². The number of hydrogen-bond acceptors (Lipinski definition) is 6. The van der Waals surface area contributed by atoms with Crippen molar-refractivity contribution in [3.63, 3.8) is 0 Å². The number of ether oxygens (including phenoxy) is 3. The summed E-state index contributed by atoms with van der Waals surface area (Å²) >= 11 is 5.94. The monoisotopic (exact) mass is 429 g/mol. The molecule has 0 aliphatic rings. The molecule has 0 saturated heterocycles. The predicted molar refractivity (Wildman–Crippen MR) is 113 cm³/mol. The molecule has 2 aromatic carbocycles. The Morgan fingerprint density at radius 1 is 1.13 bits per heavy atom. The minimum Gasteiger partial charge on any atom is -0.493 e. The molecule has 0 fully saturated rings. The fraction of sp³-hybridized carbons (Fsp3) is 0.190. The molecule has 0 bridgehead atoms. The molecule has 0 aromatic heterocycles. The van der Waals surface area contributed by atoms with Crippen molar-refractivity contribution in [2.75, 3.05) is 26.9 Å². The standard InChI is InChI=1S/C21H20ClN3O5/c1-3-11-29-21-15(7-6-10-18(21)28-2)12-24-25-19(26)13-23-20(27)14-30-17-9-5-4-8-16(17)22/h1,4-10,12H,11,13-14H2,2H3,(H,23,27)(H,25,26). The van der Waals surface area contributed by atoms with Gasteiger partial charge in [-0.25, -0.2) is 5.43 Å². The summed E-state index contributed by atoms with van der Waals surface area (Å²) in [5, 5.41) is 6.66. The van der Waals surface area contributed by atoms with Crippen molar-refractivity contribution in [3.05, 3.63) is 53.1 Å². The average molecular weight is 430 g/mol. The number of nitrogens with zero attached hydrogens (tertiary/aromatic N) is 1. The van der Waals surface area contributed by atoms with E-state index >= 15 is 0 Å². The third-order valence-corrected chi connectivity index (χ3v) is 3.88. The van der Waals surface area contributed by atoms with Crippen molar-refractivity contribution >= 4 is 29.6 Å². The lowest BCUT2D eigenvalue weighted by atomic mass is 10.2. The lowest BCUT2D eigenvalue weighted by molar-refractivity contribution is -0.127. The SMILES string of the molecule is C#CCOc1c(C=NNC(=O)CNC(=O)COc2ccccc2Cl)cccc1OC. The van der Waals surface area contributed by atoms with Gasteiger partial charge in [0.25, 0.3) is 11.8 Å². The van der Waals surface area contributed by atoms with E-state index in [2.05, 4.69) is 21.8 Å². The molecule has 2 aromatic rings. The van der Waals surface area contributed by atoms with Crippen LogP contribution < -0.4 is 25.0 Å². The van der Waals surface area contributed by atoms with Gasteiger partial charge in [0, 0.05) is 5.56 Å². The average Bonchev–Trinajstić information content (AvgIpc) is 2.76. The van der Waals surface area contributed by atoms with Crippen LogP contribution in [0.4, 0.5) is 0 Å². The van der Waals surface area contributed by atoms with E-state index < -0.39 is 11.8 Å². The zero-order valence-corrected chi connectivity index (χ0v) is 16.9. The largest absolute Gasteiger partial charge is 0.493 e. The lowest BCUT2D eigenvalue weighted by Gasteiger charge is -2.11. The van der Waals surface area contributed by atoms with Gasteiger partial charge in [0.1, 0.15) is 12.4 Å².